The van der Waals surface area contributed by atoms with Crippen LogP contribution in [0.4, 0.5) is 5.69 Å². The van der Waals surface area contributed by atoms with Crippen molar-refractivity contribution in [2.75, 3.05) is 5.32 Å². The molecule has 0 radical (unpaired) electrons. The monoisotopic (exact) mass is 223 g/mol. The first kappa shape index (κ1) is 9.98. The number of nitrogens with zero attached hydrogens (tertiary/aromatic N) is 2. The third kappa shape index (κ3) is 2.47. The number of aryl methyl sites for hydroxylation is 1. The normalized spacial score (nSPS) is 10.3. The molecule has 2 heterocycles. The summed E-state index contributed by atoms with van der Waals surface area (Å²) in [6.07, 6.45) is 3.08. The summed E-state index contributed by atoms with van der Waals surface area (Å²) >= 11 is 5.75. The van der Waals surface area contributed by atoms with Gasteiger partial charge in [-0.05, 0) is 19.1 Å². The lowest BCUT2D eigenvalue weighted by Gasteiger charge is -2.06. The zero-order valence-corrected chi connectivity index (χ0v) is 8.95. The van der Waals surface area contributed by atoms with Crippen LogP contribution in [-0.4, -0.2) is 9.97 Å². The summed E-state index contributed by atoms with van der Waals surface area (Å²) in [6.45, 7) is 2.48. The molecule has 0 atom stereocenters. The minimum atomic E-state index is 0.498. The molecule has 0 aromatic carbocycles. The highest BCUT2D eigenvalue weighted by Crippen LogP contribution is 2.16. The highest BCUT2D eigenvalue weighted by atomic mass is 35.5. The summed E-state index contributed by atoms with van der Waals surface area (Å²) in [7, 11) is 0. The smallest absolute Gasteiger partial charge is 0.180 e. The van der Waals surface area contributed by atoms with Crippen LogP contribution >= 0.6 is 11.6 Å². The first-order valence-electron chi connectivity index (χ1n) is 4.50. The summed E-state index contributed by atoms with van der Waals surface area (Å²) in [5.41, 5.74) is 1.80. The van der Waals surface area contributed by atoms with E-state index < -0.39 is 0 Å². The van der Waals surface area contributed by atoms with E-state index in [0.29, 0.717) is 11.7 Å². The van der Waals surface area contributed by atoms with Gasteiger partial charge in [-0.25, -0.2) is 9.97 Å². The molecular weight excluding hydrogens is 214 g/mol. The molecule has 0 aliphatic carbocycles. The van der Waals surface area contributed by atoms with Gasteiger partial charge in [-0.15, -0.1) is 0 Å². The number of hydrogen-bond acceptors (Lipinski definition) is 4. The van der Waals surface area contributed by atoms with Crippen molar-refractivity contribution in [2.45, 2.75) is 13.5 Å². The van der Waals surface area contributed by atoms with Gasteiger partial charge < -0.3 is 9.73 Å². The first-order chi connectivity index (χ1) is 7.25. The molecular formula is C10H10ClN3O. The molecule has 2 rings (SSSR count). The minimum absolute atomic E-state index is 0.498. The number of pyridine rings is 1. The number of rotatable bonds is 3. The Morgan fingerprint density at radius 1 is 1.47 bits per heavy atom. The number of anilines is 1. The molecule has 15 heavy (non-hydrogen) atoms. The predicted molar refractivity (Wildman–Crippen MR) is 57.8 cm³/mol. The zero-order chi connectivity index (χ0) is 10.7. The van der Waals surface area contributed by atoms with Gasteiger partial charge in [-0.1, -0.05) is 11.6 Å². The van der Waals surface area contributed by atoms with E-state index in [2.05, 4.69) is 15.3 Å². The Kier molecular flexibility index (Phi) is 2.87. The van der Waals surface area contributed by atoms with Gasteiger partial charge in [0.25, 0.3) is 0 Å². The molecule has 0 bridgehead atoms. The van der Waals surface area contributed by atoms with E-state index >= 15 is 0 Å². The predicted octanol–water partition coefficient (Wildman–Crippen LogP) is 2.64. The molecule has 2 aromatic heterocycles. The van der Waals surface area contributed by atoms with Crippen LogP contribution in [0.1, 0.15) is 11.5 Å². The second kappa shape index (κ2) is 4.31. The fourth-order valence-electron chi connectivity index (χ4n) is 1.23. The van der Waals surface area contributed by atoms with Gasteiger partial charge in [0.15, 0.2) is 6.39 Å². The van der Waals surface area contributed by atoms with Crippen LogP contribution in [0.3, 0.4) is 0 Å². The average molecular weight is 224 g/mol. The largest absolute Gasteiger partial charge is 0.447 e. The fraction of sp³-hybridized carbons (Fsp3) is 0.200. The molecule has 1 N–H and O–H groups in total. The number of nitrogens with one attached hydrogen (secondary N) is 1. The lowest BCUT2D eigenvalue weighted by Crippen LogP contribution is -2.01. The maximum absolute atomic E-state index is 5.75. The number of hydrogen-bond donors (Lipinski definition) is 1. The maximum atomic E-state index is 5.75. The van der Waals surface area contributed by atoms with Gasteiger partial charge >= 0.3 is 0 Å². The van der Waals surface area contributed by atoms with E-state index in [1.54, 1.807) is 12.3 Å². The summed E-state index contributed by atoms with van der Waals surface area (Å²) in [6, 6.07) is 3.64. The average Bonchev–Trinajstić information content (AvgIpc) is 2.69. The van der Waals surface area contributed by atoms with Crippen molar-refractivity contribution in [3.63, 3.8) is 0 Å². The van der Waals surface area contributed by atoms with Crippen molar-refractivity contribution in [1.29, 1.82) is 0 Å². The van der Waals surface area contributed by atoms with Crippen LogP contribution in [0.25, 0.3) is 0 Å². The van der Waals surface area contributed by atoms with E-state index in [0.717, 1.165) is 17.1 Å². The van der Waals surface area contributed by atoms with E-state index in [4.69, 9.17) is 16.0 Å². The summed E-state index contributed by atoms with van der Waals surface area (Å²) in [5.74, 6) is 0.782. The molecule has 0 fully saturated rings. The topological polar surface area (TPSA) is 51.0 Å². The molecule has 0 aliphatic rings. The Hall–Kier alpha value is -1.55. The lowest BCUT2D eigenvalue weighted by molar-refractivity contribution is 0.511. The van der Waals surface area contributed by atoms with Crippen molar-refractivity contribution in [1.82, 2.24) is 9.97 Å². The molecule has 0 amide bonds. The van der Waals surface area contributed by atoms with Crippen molar-refractivity contribution in [3.05, 3.63) is 41.3 Å². The van der Waals surface area contributed by atoms with Gasteiger partial charge in [0, 0.05) is 0 Å². The van der Waals surface area contributed by atoms with Crippen LogP contribution in [0.15, 0.2) is 29.1 Å². The number of oxazole rings is 1. The van der Waals surface area contributed by atoms with Gasteiger partial charge in [-0.3, -0.25) is 0 Å². The highest BCUT2D eigenvalue weighted by molar-refractivity contribution is 6.29. The van der Waals surface area contributed by atoms with Crippen LogP contribution in [0.2, 0.25) is 5.15 Å². The second-order valence-corrected chi connectivity index (χ2v) is 3.48. The third-order valence-electron chi connectivity index (χ3n) is 1.99. The van der Waals surface area contributed by atoms with Crippen LogP contribution < -0.4 is 5.32 Å². The molecule has 0 saturated carbocycles. The van der Waals surface area contributed by atoms with Crippen LogP contribution in [0, 0.1) is 6.92 Å². The molecule has 4 nitrogen and oxygen atoms in total. The SMILES string of the molecule is Cc1nc(Cl)ccc1NCc1cnco1. The van der Waals surface area contributed by atoms with Gasteiger partial charge in [0.2, 0.25) is 0 Å². The standard InChI is InChI=1S/C10H10ClN3O/c1-7-9(2-3-10(11)14-7)13-5-8-4-12-6-15-8/h2-4,6,13H,5H2,1H3. The Labute approximate surface area is 92.3 Å². The minimum Gasteiger partial charge on any atom is -0.447 e. The first-order valence-corrected chi connectivity index (χ1v) is 4.88. The summed E-state index contributed by atoms with van der Waals surface area (Å²) in [4.78, 5) is 7.96. The lowest BCUT2D eigenvalue weighted by atomic mass is 10.3. The van der Waals surface area contributed by atoms with Crippen molar-refractivity contribution >= 4 is 17.3 Å². The molecule has 0 unspecified atom stereocenters. The van der Waals surface area contributed by atoms with Gasteiger partial charge in [0.1, 0.15) is 10.9 Å². The van der Waals surface area contributed by atoms with Crippen molar-refractivity contribution in [3.8, 4) is 0 Å². The number of aromatic nitrogens is 2. The van der Waals surface area contributed by atoms with Crippen molar-refractivity contribution < 1.29 is 4.42 Å². The van der Waals surface area contributed by atoms with Gasteiger partial charge in [-0.2, -0.15) is 0 Å². The Bertz CT molecular complexity index is 442. The third-order valence-corrected chi connectivity index (χ3v) is 2.20. The van der Waals surface area contributed by atoms with Crippen molar-refractivity contribution in [2.24, 2.45) is 0 Å². The maximum Gasteiger partial charge on any atom is 0.180 e. The molecule has 0 saturated heterocycles. The zero-order valence-electron chi connectivity index (χ0n) is 8.20. The highest BCUT2D eigenvalue weighted by Gasteiger charge is 2.01. The Morgan fingerprint density at radius 3 is 3.00 bits per heavy atom. The van der Waals surface area contributed by atoms with E-state index in [9.17, 15) is 0 Å². The Balaban J connectivity index is 2.05. The Morgan fingerprint density at radius 2 is 2.33 bits per heavy atom. The van der Waals surface area contributed by atoms with Gasteiger partial charge in [0.05, 0.1) is 24.1 Å². The van der Waals surface area contributed by atoms with Crippen LogP contribution in [-0.2, 0) is 6.54 Å². The number of halogens is 1. The fourth-order valence-corrected chi connectivity index (χ4v) is 1.42. The summed E-state index contributed by atoms with van der Waals surface area (Å²) < 4.78 is 5.10. The molecule has 0 spiro atoms. The summed E-state index contributed by atoms with van der Waals surface area (Å²) in [5, 5.41) is 3.69. The van der Waals surface area contributed by atoms with E-state index in [1.807, 2.05) is 13.0 Å². The quantitative estimate of drug-likeness (QED) is 0.813. The molecule has 0 aliphatic heterocycles. The van der Waals surface area contributed by atoms with Crippen LogP contribution in [0.5, 0.6) is 0 Å². The van der Waals surface area contributed by atoms with E-state index in [-0.39, 0.29) is 0 Å². The molecule has 5 heteroatoms. The molecule has 2 aromatic rings. The molecule has 78 valence electrons. The van der Waals surface area contributed by atoms with E-state index in [1.165, 1.54) is 6.39 Å². The second-order valence-electron chi connectivity index (χ2n) is 3.09.